The predicted octanol–water partition coefficient (Wildman–Crippen LogP) is 4.26. The number of carbonyl (C=O) groups is 1. The Morgan fingerprint density at radius 2 is 1.88 bits per heavy atom. The highest BCUT2D eigenvalue weighted by Gasteiger charge is 2.17. The standard InChI is InChI=1S/C20H20N2O4/c1-3-25-15-9-10-18-16(11-15)19(17(12-21-18)20(24)26-4-2)22-13-5-7-14(23)8-6-13/h5-12,23H,3-4H2,1-2H3,(H,21,22). The molecule has 1 aromatic heterocycles. The minimum Gasteiger partial charge on any atom is -0.508 e. The lowest BCUT2D eigenvalue weighted by Crippen LogP contribution is -2.09. The highest BCUT2D eigenvalue weighted by Crippen LogP contribution is 2.32. The van der Waals surface area contributed by atoms with Crippen molar-refractivity contribution in [2.45, 2.75) is 13.8 Å². The van der Waals surface area contributed by atoms with Crippen LogP contribution in [-0.4, -0.2) is 29.3 Å². The molecule has 6 nitrogen and oxygen atoms in total. The predicted molar refractivity (Wildman–Crippen MR) is 100 cm³/mol. The van der Waals surface area contributed by atoms with Gasteiger partial charge >= 0.3 is 5.97 Å². The number of aromatic hydroxyl groups is 1. The molecular formula is C20H20N2O4. The van der Waals surface area contributed by atoms with Crippen LogP contribution in [0.5, 0.6) is 11.5 Å². The molecule has 2 N–H and O–H groups in total. The van der Waals surface area contributed by atoms with Gasteiger partial charge in [0.15, 0.2) is 0 Å². The Balaban J connectivity index is 2.15. The van der Waals surface area contributed by atoms with E-state index in [9.17, 15) is 9.90 Å². The highest BCUT2D eigenvalue weighted by atomic mass is 16.5. The number of benzene rings is 2. The molecule has 1 heterocycles. The molecule has 26 heavy (non-hydrogen) atoms. The van der Waals surface area contributed by atoms with Crippen LogP contribution in [0.1, 0.15) is 24.2 Å². The highest BCUT2D eigenvalue weighted by molar-refractivity contribution is 6.06. The van der Waals surface area contributed by atoms with Gasteiger partial charge in [-0.1, -0.05) is 0 Å². The van der Waals surface area contributed by atoms with Crippen LogP contribution in [0.15, 0.2) is 48.7 Å². The lowest BCUT2D eigenvalue weighted by Gasteiger charge is -2.15. The van der Waals surface area contributed by atoms with Crippen LogP contribution in [0, 0.1) is 0 Å². The summed E-state index contributed by atoms with van der Waals surface area (Å²) in [5.74, 6) is 0.404. The maximum Gasteiger partial charge on any atom is 0.341 e. The van der Waals surface area contributed by atoms with E-state index in [-0.39, 0.29) is 12.4 Å². The number of phenols is 1. The molecule has 0 bridgehead atoms. The Kier molecular flexibility index (Phi) is 5.22. The summed E-state index contributed by atoms with van der Waals surface area (Å²) in [5, 5.41) is 13.5. The van der Waals surface area contributed by atoms with E-state index in [1.54, 1.807) is 31.2 Å². The van der Waals surface area contributed by atoms with Gasteiger partial charge in [0.25, 0.3) is 0 Å². The molecule has 6 heteroatoms. The van der Waals surface area contributed by atoms with E-state index < -0.39 is 5.97 Å². The SMILES string of the molecule is CCOC(=O)c1cnc2ccc(OCC)cc2c1Nc1ccc(O)cc1. The first kappa shape index (κ1) is 17.5. The van der Waals surface area contributed by atoms with Gasteiger partial charge in [0.1, 0.15) is 17.1 Å². The molecule has 0 fully saturated rings. The number of hydrogen-bond acceptors (Lipinski definition) is 6. The van der Waals surface area contributed by atoms with Gasteiger partial charge in [0, 0.05) is 17.3 Å². The zero-order chi connectivity index (χ0) is 18.5. The fourth-order valence-electron chi connectivity index (χ4n) is 2.62. The van der Waals surface area contributed by atoms with Crippen molar-refractivity contribution >= 4 is 28.2 Å². The maximum atomic E-state index is 12.4. The molecular weight excluding hydrogens is 332 g/mol. The first-order valence-electron chi connectivity index (χ1n) is 8.41. The lowest BCUT2D eigenvalue weighted by molar-refractivity contribution is 0.0527. The molecule has 0 aliphatic rings. The molecule has 0 saturated heterocycles. The lowest BCUT2D eigenvalue weighted by atomic mass is 10.1. The number of pyridine rings is 1. The molecule has 0 saturated carbocycles. The monoisotopic (exact) mass is 352 g/mol. The van der Waals surface area contributed by atoms with Crippen LogP contribution >= 0.6 is 0 Å². The number of carbonyl (C=O) groups excluding carboxylic acids is 1. The Morgan fingerprint density at radius 3 is 2.58 bits per heavy atom. The van der Waals surface area contributed by atoms with Gasteiger partial charge in [0.05, 0.1) is 24.4 Å². The molecule has 3 rings (SSSR count). The molecule has 0 radical (unpaired) electrons. The summed E-state index contributed by atoms with van der Waals surface area (Å²) in [5.41, 5.74) is 2.37. The third-order valence-corrected chi connectivity index (χ3v) is 3.78. The van der Waals surface area contributed by atoms with Crippen molar-refractivity contribution in [3.63, 3.8) is 0 Å². The average Bonchev–Trinajstić information content (AvgIpc) is 2.64. The molecule has 2 aromatic carbocycles. The number of fused-ring (bicyclic) bond motifs is 1. The topological polar surface area (TPSA) is 80.7 Å². The summed E-state index contributed by atoms with van der Waals surface area (Å²) >= 11 is 0. The summed E-state index contributed by atoms with van der Waals surface area (Å²) in [7, 11) is 0. The first-order valence-corrected chi connectivity index (χ1v) is 8.41. The van der Waals surface area contributed by atoms with Gasteiger partial charge in [-0.3, -0.25) is 4.98 Å². The summed E-state index contributed by atoms with van der Waals surface area (Å²) in [4.78, 5) is 16.8. The fraction of sp³-hybridized carbons (Fsp3) is 0.200. The van der Waals surface area contributed by atoms with E-state index in [4.69, 9.17) is 9.47 Å². The third-order valence-electron chi connectivity index (χ3n) is 3.78. The molecule has 0 atom stereocenters. The van der Waals surface area contributed by atoms with Gasteiger partial charge in [-0.25, -0.2) is 4.79 Å². The minimum atomic E-state index is -0.454. The van der Waals surface area contributed by atoms with Crippen LogP contribution in [0.25, 0.3) is 10.9 Å². The Labute approximate surface area is 151 Å². The number of phenolic OH excluding ortho intramolecular Hbond substituents is 1. The number of aromatic nitrogens is 1. The number of hydrogen-bond donors (Lipinski definition) is 2. The molecule has 0 unspecified atom stereocenters. The van der Waals surface area contributed by atoms with E-state index in [1.165, 1.54) is 6.20 Å². The van der Waals surface area contributed by atoms with Crippen molar-refractivity contribution in [1.29, 1.82) is 0 Å². The zero-order valence-electron chi connectivity index (χ0n) is 14.7. The first-order chi connectivity index (χ1) is 12.6. The Bertz CT molecular complexity index is 923. The number of nitrogens with one attached hydrogen (secondary N) is 1. The maximum absolute atomic E-state index is 12.4. The van der Waals surface area contributed by atoms with E-state index in [2.05, 4.69) is 10.3 Å². The number of rotatable bonds is 6. The van der Waals surface area contributed by atoms with Gasteiger partial charge in [-0.15, -0.1) is 0 Å². The largest absolute Gasteiger partial charge is 0.508 e. The van der Waals surface area contributed by atoms with Crippen molar-refractivity contribution < 1.29 is 19.4 Å². The number of anilines is 2. The second-order valence-electron chi connectivity index (χ2n) is 5.55. The number of ether oxygens (including phenoxy) is 2. The molecule has 134 valence electrons. The summed E-state index contributed by atoms with van der Waals surface area (Å²) in [6.07, 6.45) is 1.50. The van der Waals surface area contributed by atoms with Crippen LogP contribution in [-0.2, 0) is 4.74 Å². The minimum absolute atomic E-state index is 0.166. The van der Waals surface area contributed by atoms with Crippen LogP contribution in [0.2, 0.25) is 0 Å². The van der Waals surface area contributed by atoms with Crippen LogP contribution in [0.3, 0.4) is 0 Å². The molecule has 0 spiro atoms. The fourth-order valence-corrected chi connectivity index (χ4v) is 2.62. The summed E-state index contributed by atoms with van der Waals surface area (Å²) in [6.45, 7) is 4.48. The van der Waals surface area contributed by atoms with E-state index in [0.717, 1.165) is 16.6 Å². The quantitative estimate of drug-likeness (QED) is 0.510. The van der Waals surface area contributed by atoms with Gasteiger partial charge in [0.2, 0.25) is 0 Å². The smallest absolute Gasteiger partial charge is 0.341 e. The second kappa shape index (κ2) is 7.74. The van der Waals surface area contributed by atoms with Gasteiger partial charge < -0.3 is 19.9 Å². The summed E-state index contributed by atoms with van der Waals surface area (Å²) in [6, 6.07) is 12.1. The third kappa shape index (κ3) is 3.69. The normalized spacial score (nSPS) is 10.5. The number of nitrogens with zero attached hydrogens (tertiary/aromatic N) is 1. The Hall–Kier alpha value is -3.28. The molecule has 3 aromatic rings. The van der Waals surface area contributed by atoms with Gasteiger partial charge in [-0.05, 0) is 56.3 Å². The number of esters is 1. The zero-order valence-corrected chi connectivity index (χ0v) is 14.7. The van der Waals surface area contributed by atoms with E-state index >= 15 is 0 Å². The van der Waals surface area contributed by atoms with E-state index in [0.29, 0.717) is 23.6 Å². The molecule has 0 aliphatic heterocycles. The van der Waals surface area contributed by atoms with Crippen molar-refractivity contribution in [3.8, 4) is 11.5 Å². The van der Waals surface area contributed by atoms with Gasteiger partial charge in [-0.2, -0.15) is 0 Å². The second-order valence-corrected chi connectivity index (χ2v) is 5.55. The average molecular weight is 352 g/mol. The van der Waals surface area contributed by atoms with E-state index in [1.807, 2.05) is 25.1 Å². The van der Waals surface area contributed by atoms with Crippen molar-refractivity contribution in [3.05, 3.63) is 54.2 Å². The molecule has 0 amide bonds. The van der Waals surface area contributed by atoms with Crippen molar-refractivity contribution in [2.24, 2.45) is 0 Å². The van der Waals surface area contributed by atoms with Crippen molar-refractivity contribution in [2.75, 3.05) is 18.5 Å². The summed E-state index contributed by atoms with van der Waals surface area (Å²) < 4.78 is 10.7. The van der Waals surface area contributed by atoms with Crippen LogP contribution < -0.4 is 10.1 Å². The van der Waals surface area contributed by atoms with Crippen LogP contribution in [0.4, 0.5) is 11.4 Å². The Morgan fingerprint density at radius 1 is 1.12 bits per heavy atom. The van der Waals surface area contributed by atoms with Crippen molar-refractivity contribution in [1.82, 2.24) is 4.98 Å². The molecule has 0 aliphatic carbocycles.